The number of hydrogen-bond acceptors (Lipinski definition) is 4. The van der Waals surface area contributed by atoms with Crippen molar-refractivity contribution < 1.29 is 8.42 Å². The van der Waals surface area contributed by atoms with E-state index >= 15 is 0 Å². The summed E-state index contributed by atoms with van der Waals surface area (Å²) in [6, 6.07) is 10.1. The maximum absolute atomic E-state index is 12.7. The Hall–Kier alpha value is -1.99. The number of sulfone groups is 1. The number of hydrogen-bond donors (Lipinski definition) is 0. The highest BCUT2D eigenvalue weighted by Gasteiger charge is 2.14. The molecule has 0 saturated heterocycles. The predicted octanol–water partition coefficient (Wildman–Crippen LogP) is 3.07. The van der Waals surface area contributed by atoms with Crippen LogP contribution < -0.4 is 5.56 Å². The Bertz CT molecular complexity index is 1120. The molecule has 1 aromatic heterocycles. The quantitative estimate of drug-likeness (QED) is 0.655. The van der Waals surface area contributed by atoms with Gasteiger partial charge >= 0.3 is 0 Å². The van der Waals surface area contributed by atoms with Crippen molar-refractivity contribution in [2.24, 2.45) is 7.05 Å². The Morgan fingerprint density at radius 1 is 1.12 bits per heavy atom. The summed E-state index contributed by atoms with van der Waals surface area (Å²) in [6.07, 6.45) is 1.16. The fourth-order valence-electron chi connectivity index (χ4n) is 2.58. The maximum Gasteiger partial charge on any atom is 0.261 e. The average molecular weight is 407 g/mol. The standard InChI is InChI=1S/C17H15BrN2O3S/c1-10-8-13-15(14(18)9-10)19-16(20(2)17(13)21)11-4-6-12(7-5-11)24(3,22)23/h4-9H,1-3H3. The number of aryl methyl sites for hydroxylation is 1. The molecule has 1 heterocycles. The van der Waals surface area contributed by atoms with E-state index in [1.807, 2.05) is 19.1 Å². The molecular weight excluding hydrogens is 392 g/mol. The molecule has 0 spiro atoms. The summed E-state index contributed by atoms with van der Waals surface area (Å²) >= 11 is 3.46. The molecule has 3 aromatic rings. The van der Waals surface area contributed by atoms with Crippen molar-refractivity contribution in [3.05, 3.63) is 56.8 Å². The normalized spacial score (nSPS) is 11.8. The molecule has 0 bridgehead atoms. The molecule has 0 fully saturated rings. The summed E-state index contributed by atoms with van der Waals surface area (Å²) in [5.41, 5.74) is 2.09. The van der Waals surface area contributed by atoms with Crippen LogP contribution in [0.5, 0.6) is 0 Å². The third kappa shape index (κ3) is 2.89. The molecule has 7 heteroatoms. The second kappa shape index (κ2) is 5.82. The van der Waals surface area contributed by atoms with Crippen LogP contribution in [0, 0.1) is 6.92 Å². The zero-order valence-corrected chi connectivity index (χ0v) is 15.8. The largest absolute Gasteiger partial charge is 0.295 e. The maximum atomic E-state index is 12.7. The van der Waals surface area contributed by atoms with Crippen molar-refractivity contribution in [3.8, 4) is 11.4 Å². The van der Waals surface area contributed by atoms with Gasteiger partial charge in [-0.3, -0.25) is 9.36 Å². The highest BCUT2D eigenvalue weighted by atomic mass is 79.9. The van der Waals surface area contributed by atoms with Gasteiger partial charge in [-0.2, -0.15) is 0 Å². The predicted molar refractivity (Wildman–Crippen MR) is 98.0 cm³/mol. The SMILES string of the molecule is Cc1cc(Br)c2nc(-c3ccc(S(C)(=O)=O)cc3)n(C)c(=O)c2c1. The zero-order valence-electron chi connectivity index (χ0n) is 13.4. The Labute approximate surface area is 148 Å². The first-order chi connectivity index (χ1) is 11.2. The van der Waals surface area contributed by atoms with E-state index in [-0.39, 0.29) is 10.5 Å². The molecule has 24 heavy (non-hydrogen) atoms. The van der Waals surface area contributed by atoms with Crippen LogP contribution in [0.3, 0.4) is 0 Å². The van der Waals surface area contributed by atoms with Gasteiger partial charge in [0.15, 0.2) is 9.84 Å². The van der Waals surface area contributed by atoms with E-state index in [0.29, 0.717) is 22.3 Å². The van der Waals surface area contributed by atoms with Crippen molar-refractivity contribution in [1.29, 1.82) is 0 Å². The van der Waals surface area contributed by atoms with Gasteiger partial charge < -0.3 is 0 Å². The molecule has 5 nitrogen and oxygen atoms in total. The van der Waals surface area contributed by atoms with E-state index in [2.05, 4.69) is 20.9 Å². The van der Waals surface area contributed by atoms with Crippen molar-refractivity contribution in [1.82, 2.24) is 9.55 Å². The summed E-state index contributed by atoms with van der Waals surface area (Å²) < 4.78 is 25.4. The Morgan fingerprint density at radius 2 is 1.75 bits per heavy atom. The van der Waals surface area contributed by atoms with E-state index in [1.165, 1.54) is 16.7 Å². The van der Waals surface area contributed by atoms with E-state index < -0.39 is 9.84 Å². The van der Waals surface area contributed by atoms with Gasteiger partial charge in [-0.15, -0.1) is 0 Å². The molecule has 2 aromatic carbocycles. The molecule has 3 rings (SSSR count). The Morgan fingerprint density at radius 3 is 2.33 bits per heavy atom. The van der Waals surface area contributed by atoms with Crippen LogP contribution in [0.25, 0.3) is 22.3 Å². The zero-order chi connectivity index (χ0) is 17.6. The van der Waals surface area contributed by atoms with Crippen LogP contribution in [0.1, 0.15) is 5.56 Å². The van der Waals surface area contributed by atoms with Crippen molar-refractivity contribution in [2.45, 2.75) is 11.8 Å². The highest BCUT2D eigenvalue weighted by Crippen LogP contribution is 2.25. The van der Waals surface area contributed by atoms with Gasteiger partial charge in [0.25, 0.3) is 5.56 Å². The molecule has 0 aliphatic carbocycles. The van der Waals surface area contributed by atoms with Crippen LogP contribution in [-0.2, 0) is 16.9 Å². The lowest BCUT2D eigenvalue weighted by molar-refractivity contribution is 0.602. The molecule has 0 saturated carbocycles. The van der Waals surface area contributed by atoms with E-state index in [4.69, 9.17) is 0 Å². The summed E-state index contributed by atoms with van der Waals surface area (Å²) in [5.74, 6) is 0.483. The first-order valence-electron chi connectivity index (χ1n) is 7.16. The molecule has 0 unspecified atom stereocenters. The number of rotatable bonds is 2. The highest BCUT2D eigenvalue weighted by molar-refractivity contribution is 9.10. The molecule has 0 N–H and O–H groups in total. The third-order valence-electron chi connectivity index (χ3n) is 3.82. The van der Waals surface area contributed by atoms with Gasteiger partial charge in [0, 0.05) is 23.3 Å². The fraction of sp³-hybridized carbons (Fsp3) is 0.176. The van der Waals surface area contributed by atoms with Crippen molar-refractivity contribution >= 4 is 36.7 Å². The fourth-order valence-corrected chi connectivity index (χ4v) is 3.87. The van der Waals surface area contributed by atoms with E-state index in [9.17, 15) is 13.2 Å². The monoisotopic (exact) mass is 406 g/mol. The molecular formula is C17H15BrN2O3S. The van der Waals surface area contributed by atoms with Crippen LogP contribution in [0.4, 0.5) is 0 Å². The van der Waals surface area contributed by atoms with Crippen LogP contribution in [-0.4, -0.2) is 24.2 Å². The molecule has 0 atom stereocenters. The summed E-state index contributed by atoms with van der Waals surface area (Å²) in [6.45, 7) is 1.92. The third-order valence-corrected chi connectivity index (χ3v) is 5.55. The van der Waals surface area contributed by atoms with Gasteiger partial charge in [-0.25, -0.2) is 13.4 Å². The van der Waals surface area contributed by atoms with Gasteiger partial charge in [-0.05, 0) is 64.8 Å². The second-order valence-corrected chi connectivity index (χ2v) is 8.61. The lowest BCUT2D eigenvalue weighted by Gasteiger charge is -2.11. The van der Waals surface area contributed by atoms with Gasteiger partial charge in [0.2, 0.25) is 0 Å². The molecule has 0 amide bonds. The van der Waals surface area contributed by atoms with Crippen LogP contribution in [0.2, 0.25) is 0 Å². The smallest absolute Gasteiger partial charge is 0.261 e. The second-order valence-electron chi connectivity index (χ2n) is 5.74. The number of fused-ring (bicyclic) bond motifs is 1. The van der Waals surface area contributed by atoms with E-state index in [1.54, 1.807) is 19.2 Å². The molecule has 0 aliphatic heterocycles. The van der Waals surface area contributed by atoms with Gasteiger partial charge in [0.05, 0.1) is 15.8 Å². The van der Waals surface area contributed by atoms with E-state index in [0.717, 1.165) is 16.3 Å². The molecule has 0 radical (unpaired) electrons. The topological polar surface area (TPSA) is 69.0 Å². The van der Waals surface area contributed by atoms with Gasteiger partial charge in [-0.1, -0.05) is 0 Å². The number of nitrogens with zero attached hydrogens (tertiary/aromatic N) is 2. The minimum absolute atomic E-state index is 0.147. The lowest BCUT2D eigenvalue weighted by Crippen LogP contribution is -2.20. The average Bonchev–Trinajstić information content (AvgIpc) is 2.50. The van der Waals surface area contributed by atoms with Crippen molar-refractivity contribution in [3.63, 3.8) is 0 Å². The number of benzene rings is 2. The number of aromatic nitrogens is 2. The number of halogens is 1. The lowest BCUT2D eigenvalue weighted by atomic mass is 10.1. The Balaban J connectivity index is 2.27. The van der Waals surface area contributed by atoms with Gasteiger partial charge in [0.1, 0.15) is 5.82 Å². The summed E-state index contributed by atoms with van der Waals surface area (Å²) in [7, 11) is -1.61. The summed E-state index contributed by atoms with van der Waals surface area (Å²) in [5, 5.41) is 0.542. The minimum Gasteiger partial charge on any atom is -0.295 e. The summed E-state index contributed by atoms with van der Waals surface area (Å²) in [4.78, 5) is 17.5. The van der Waals surface area contributed by atoms with Crippen molar-refractivity contribution in [2.75, 3.05) is 6.26 Å². The minimum atomic E-state index is -3.26. The Kier molecular flexibility index (Phi) is 4.09. The molecule has 0 aliphatic rings. The first kappa shape index (κ1) is 16.9. The van der Waals surface area contributed by atoms with Crippen LogP contribution in [0.15, 0.2) is 50.6 Å². The molecule has 124 valence electrons. The first-order valence-corrected chi connectivity index (χ1v) is 9.84. The van der Waals surface area contributed by atoms with Crippen LogP contribution >= 0.6 is 15.9 Å².